The quantitative estimate of drug-likeness (QED) is 0.428. The topological polar surface area (TPSA) is 69.1 Å². The minimum Gasteiger partial charge on any atom is -0.449 e. The summed E-state index contributed by atoms with van der Waals surface area (Å²) in [5.74, 6) is 2.82. The molecule has 4 aromatic rings. The van der Waals surface area contributed by atoms with Gasteiger partial charge in [-0.1, -0.05) is 38.1 Å². The smallest absolute Gasteiger partial charge is 0.196 e. The number of oxazole rings is 1. The standard InChI is InChI=1S/C24H25N5OS/c1-13(2)17-6-8-18(9-7-17)22-21-14(3)15(4)31-24(21)29-16(5)27-28-23(29)19(26-22)12-20-25-10-11-30-20/h6-11,13,19H,12H2,1-5H3/t19-/m1/s1. The van der Waals surface area contributed by atoms with Crippen LogP contribution in [0.25, 0.3) is 5.00 Å². The third-order valence-electron chi connectivity index (χ3n) is 5.94. The predicted octanol–water partition coefficient (Wildman–Crippen LogP) is 5.50. The van der Waals surface area contributed by atoms with E-state index in [0.717, 1.165) is 27.9 Å². The van der Waals surface area contributed by atoms with Gasteiger partial charge in [0.15, 0.2) is 11.7 Å². The van der Waals surface area contributed by atoms with Crippen molar-refractivity contribution in [1.82, 2.24) is 19.7 Å². The molecule has 0 aliphatic carbocycles. The van der Waals surface area contributed by atoms with E-state index in [4.69, 9.17) is 9.41 Å². The van der Waals surface area contributed by atoms with E-state index in [1.165, 1.54) is 21.6 Å². The Morgan fingerprint density at radius 2 is 1.87 bits per heavy atom. The number of aliphatic imine (C=N–C) groups is 1. The Balaban J connectivity index is 1.74. The number of rotatable bonds is 4. The maximum absolute atomic E-state index is 5.55. The number of aromatic nitrogens is 4. The maximum atomic E-state index is 5.55. The van der Waals surface area contributed by atoms with E-state index < -0.39 is 0 Å². The van der Waals surface area contributed by atoms with Gasteiger partial charge in [-0.2, -0.15) is 0 Å². The average molecular weight is 432 g/mol. The lowest BCUT2D eigenvalue weighted by Crippen LogP contribution is -2.09. The summed E-state index contributed by atoms with van der Waals surface area (Å²) in [5.41, 5.74) is 5.84. The zero-order chi connectivity index (χ0) is 21.7. The van der Waals surface area contributed by atoms with Gasteiger partial charge >= 0.3 is 0 Å². The SMILES string of the molecule is Cc1sc2c(c1C)C(c1ccc(C(C)C)cc1)=N[C@H](Cc1ncco1)c1nnc(C)n1-2. The summed E-state index contributed by atoms with van der Waals surface area (Å²) in [7, 11) is 0. The Morgan fingerprint density at radius 1 is 1.10 bits per heavy atom. The largest absolute Gasteiger partial charge is 0.449 e. The molecule has 0 fully saturated rings. The molecule has 0 N–H and O–H groups in total. The van der Waals surface area contributed by atoms with E-state index >= 15 is 0 Å². The highest BCUT2D eigenvalue weighted by atomic mass is 32.1. The summed E-state index contributed by atoms with van der Waals surface area (Å²) in [6.45, 7) is 10.8. The number of fused-ring (bicyclic) bond motifs is 3. The van der Waals surface area contributed by atoms with Crippen LogP contribution in [-0.4, -0.2) is 25.5 Å². The molecular formula is C24H25N5OS. The Labute approximate surface area is 185 Å². The van der Waals surface area contributed by atoms with Gasteiger partial charge in [0.1, 0.15) is 23.1 Å². The fourth-order valence-corrected chi connectivity index (χ4v) is 5.28. The molecule has 1 atom stereocenters. The molecule has 0 saturated heterocycles. The molecule has 0 amide bonds. The van der Waals surface area contributed by atoms with E-state index in [0.29, 0.717) is 18.2 Å². The van der Waals surface area contributed by atoms with Gasteiger partial charge in [-0.3, -0.25) is 9.56 Å². The normalized spacial score (nSPS) is 15.5. The lowest BCUT2D eigenvalue weighted by Gasteiger charge is -2.12. The molecule has 31 heavy (non-hydrogen) atoms. The van der Waals surface area contributed by atoms with E-state index in [1.54, 1.807) is 23.8 Å². The van der Waals surface area contributed by atoms with Gasteiger partial charge in [-0.25, -0.2) is 4.98 Å². The number of thiophene rings is 1. The van der Waals surface area contributed by atoms with Crippen molar-refractivity contribution in [3.8, 4) is 5.00 Å². The minimum absolute atomic E-state index is 0.237. The molecule has 0 unspecified atom stereocenters. The van der Waals surface area contributed by atoms with Crippen LogP contribution >= 0.6 is 11.3 Å². The third-order valence-corrected chi connectivity index (χ3v) is 7.13. The van der Waals surface area contributed by atoms with Crippen molar-refractivity contribution < 1.29 is 4.42 Å². The first kappa shape index (κ1) is 19.9. The zero-order valence-corrected chi connectivity index (χ0v) is 19.2. The summed E-state index contributed by atoms with van der Waals surface area (Å²) in [5, 5.41) is 10.0. The summed E-state index contributed by atoms with van der Waals surface area (Å²) in [6, 6.07) is 8.54. The van der Waals surface area contributed by atoms with Crippen LogP contribution in [0.15, 0.2) is 46.1 Å². The van der Waals surface area contributed by atoms with Crippen LogP contribution in [0.5, 0.6) is 0 Å². The first-order chi connectivity index (χ1) is 14.9. The van der Waals surface area contributed by atoms with E-state index in [1.807, 2.05) is 6.92 Å². The number of aryl methyl sites for hydroxylation is 2. The van der Waals surface area contributed by atoms with Gasteiger partial charge < -0.3 is 4.42 Å². The van der Waals surface area contributed by atoms with Gasteiger partial charge in [-0.05, 0) is 37.8 Å². The fourth-order valence-electron chi connectivity index (χ4n) is 4.07. The highest BCUT2D eigenvalue weighted by Gasteiger charge is 2.32. The second-order valence-electron chi connectivity index (χ2n) is 8.30. The van der Waals surface area contributed by atoms with E-state index in [9.17, 15) is 0 Å². The Bertz CT molecular complexity index is 1260. The summed E-state index contributed by atoms with van der Waals surface area (Å²) in [4.78, 5) is 10.9. The molecule has 5 rings (SSSR count). The summed E-state index contributed by atoms with van der Waals surface area (Å²) < 4.78 is 7.71. The highest BCUT2D eigenvalue weighted by molar-refractivity contribution is 7.15. The monoisotopic (exact) mass is 431 g/mol. The van der Waals surface area contributed by atoms with Crippen molar-refractivity contribution >= 4 is 17.0 Å². The Hall–Kier alpha value is -3.06. The molecule has 6 nitrogen and oxygen atoms in total. The van der Waals surface area contributed by atoms with Crippen LogP contribution in [0.2, 0.25) is 0 Å². The molecule has 4 heterocycles. The Morgan fingerprint density at radius 3 is 2.55 bits per heavy atom. The second kappa shape index (κ2) is 7.57. The molecule has 3 aromatic heterocycles. The van der Waals surface area contributed by atoms with Crippen molar-refractivity contribution in [2.24, 2.45) is 4.99 Å². The Kier molecular flexibility index (Phi) is 4.85. The van der Waals surface area contributed by atoms with Crippen LogP contribution < -0.4 is 0 Å². The summed E-state index contributed by atoms with van der Waals surface area (Å²) >= 11 is 1.77. The van der Waals surface area contributed by atoms with Crippen molar-refractivity contribution in [3.05, 3.63) is 81.4 Å². The van der Waals surface area contributed by atoms with Crippen LogP contribution in [0.3, 0.4) is 0 Å². The van der Waals surface area contributed by atoms with Gasteiger partial charge in [-0.15, -0.1) is 21.5 Å². The molecular weight excluding hydrogens is 406 g/mol. The minimum atomic E-state index is -0.237. The average Bonchev–Trinajstić information content (AvgIpc) is 3.44. The first-order valence-electron chi connectivity index (χ1n) is 10.5. The number of nitrogens with zero attached hydrogens (tertiary/aromatic N) is 5. The number of benzene rings is 1. The van der Waals surface area contributed by atoms with Crippen molar-refractivity contribution in [2.75, 3.05) is 0 Å². The second-order valence-corrected chi connectivity index (χ2v) is 9.51. The van der Waals surface area contributed by atoms with Crippen LogP contribution in [0, 0.1) is 20.8 Å². The molecule has 158 valence electrons. The van der Waals surface area contributed by atoms with Gasteiger partial charge in [0.2, 0.25) is 0 Å². The van der Waals surface area contributed by atoms with Gasteiger partial charge in [0, 0.05) is 16.0 Å². The third kappa shape index (κ3) is 3.33. The lowest BCUT2D eigenvalue weighted by molar-refractivity contribution is 0.467. The lowest BCUT2D eigenvalue weighted by atomic mass is 9.96. The first-order valence-corrected chi connectivity index (χ1v) is 11.3. The fraction of sp³-hybridized carbons (Fsp3) is 0.333. The molecule has 0 spiro atoms. The van der Waals surface area contributed by atoms with Crippen LogP contribution in [-0.2, 0) is 6.42 Å². The molecule has 0 radical (unpaired) electrons. The van der Waals surface area contributed by atoms with Crippen molar-refractivity contribution in [3.63, 3.8) is 0 Å². The van der Waals surface area contributed by atoms with Gasteiger partial charge in [0.25, 0.3) is 0 Å². The van der Waals surface area contributed by atoms with Crippen LogP contribution in [0.4, 0.5) is 0 Å². The molecule has 1 aliphatic heterocycles. The van der Waals surface area contributed by atoms with Crippen molar-refractivity contribution in [2.45, 2.75) is 53.0 Å². The summed E-state index contributed by atoms with van der Waals surface area (Å²) in [6.07, 6.45) is 3.80. The molecule has 1 aromatic carbocycles. The molecule has 1 aliphatic rings. The van der Waals surface area contributed by atoms with Crippen molar-refractivity contribution in [1.29, 1.82) is 0 Å². The molecule has 0 saturated carbocycles. The number of hydrogen-bond donors (Lipinski definition) is 0. The number of hydrogen-bond acceptors (Lipinski definition) is 6. The molecule has 0 bridgehead atoms. The van der Waals surface area contributed by atoms with Gasteiger partial charge in [0.05, 0.1) is 18.3 Å². The highest BCUT2D eigenvalue weighted by Crippen LogP contribution is 2.39. The zero-order valence-electron chi connectivity index (χ0n) is 18.4. The van der Waals surface area contributed by atoms with E-state index in [-0.39, 0.29) is 6.04 Å². The predicted molar refractivity (Wildman–Crippen MR) is 123 cm³/mol. The maximum Gasteiger partial charge on any atom is 0.196 e. The van der Waals surface area contributed by atoms with Crippen LogP contribution in [0.1, 0.15) is 70.5 Å². The van der Waals surface area contributed by atoms with E-state index in [2.05, 4.69) is 71.7 Å². The molecule has 7 heteroatoms.